The molecule has 0 saturated carbocycles. The minimum atomic E-state index is -0.179. The summed E-state index contributed by atoms with van der Waals surface area (Å²) in [5, 5.41) is 22.7. The number of aromatic nitrogens is 8. The molecule has 0 amide bonds. The van der Waals surface area contributed by atoms with Crippen LogP contribution in [0.2, 0.25) is 0 Å². The molecule has 2 rings (SSSR count). The molecule has 2 aromatic rings. The first-order chi connectivity index (χ1) is 13.3. The highest BCUT2D eigenvalue weighted by molar-refractivity contribution is 4.71. The molecule has 2 aromatic heterocycles. The Morgan fingerprint density at radius 1 is 0.893 bits per heavy atom. The predicted molar refractivity (Wildman–Crippen MR) is 103 cm³/mol. The van der Waals surface area contributed by atoms with E-state index in [4.69, 9.17) is 9.47 Å². The first-order valence-electron chi connectivity index (χ1n) is 9.94. The topological polar surface area (TPSA) is 106 Å². The third kappa shape index (κ3) is 7.97. The monoisotopic (exact) mass is 394 g/mol. The molecule has 0 saturated heterocycles. The van der Waals surface area contributed by atoms with Crippen LogP contribution in [0.3, 0.4) is 0 Å². The van der Waals surface area contributed by atoms with E-state index in [9.17, 15) is 0 Å². The van der Waals surface area contributed by atoms with Crippen LogP contribution in [-0.2, 0) is 16.0 Å². The molecule has 0 aromatic carbocycles. The van der Waals surface area contributed by atoms with Gasteiger partial charge in [-0.1, -0.05) is 41.0 Å². The SMILES string of the molecule is CCC(C)(C)CC(OCCOCCC(C)(C)CCn1cnnn1)n1cnnn1. The highest BCUT2D eigenvalue weighted by Crippen LogP contribution is 2.31. The Balaban J connectivity index is 1.65. The number of rotatable bonds is 14. The van der Waals surface area contributed by atoms with Gasteiger partial charge in [0, 0.05) is 13.2 Å². The molecule has 0 fully saturated rings. The average Bonchev–Trinajstić information content (AvgIpc) is 3.35. The summed E-state index contributed by atoms with van der Waals surface area (Å²) in [4.78, 5) is 0. The lowest BCUT2D eigenvalue weighted by molar-refractivity contribution is -0.0599. The van der Waals surface area contributed by atoms with Crippen molar-refractivity contribution in [3.63, 3.8) is 0 Å². The second kappa shape index (κ2) is 10.6. The molecule has 0 radical (unpaired) electrons. The number of ether oxygens (including phenoxy) is 2. The van der Waals surface area contributed by atoms with Crippen LogP contribution >= 0.6 is 0 Å². The van der Waals surface area contributed by atoms with Crippen LogP contribution in [0, 0.1) is 10.8 Å². The van der Waals surface area contributed by atoms with E-state index in [1.54, 1.807) is 22.0 Å². The summed E-state index contributed by atoms with van der Waals surface area (Å²) in [5.41, 5.74) is 0.313. The zero-order valence-electron chi connectivity index (χ0n) is 17.8. The van der Waals surface area contributed by atoms with Crippen LogP contribution in [0.1, 0.15) is 66.5 Å². The zero-order chi connectivity index (χ0) is 20.5. The lowest BCUT2D eigenvalue weighted by Crippen LogP contribution is -2.24. The third-order valence-electron chi connectivity index (χ3n) is 5.21. The van der Waals surface area contributed by atoms with Crippen LogP contribution in [0.15, 0.2) is 12.7 Å². The van der Waals surface area contributed by atoms with Crippen molar-refractivity contribution >= 4 is 0 Å². The number of nitrogens with zero attached hydrogens (tertiary/aromatic N) is 8. The summed E-state index contributed by atoms with van der Waals surface area (Å²) in [7, 11) is 0. The Hall–Kier alpha value is -1.94. The molecule has 28 heavy (non-hydrogen) atoms. The van der Waals surface area contributed by atoms with Crippen molar-refractivity contribution < 1.29 is 9.47 Å². The van der Waals surface area contributed by atoms with Crippen LogP contribution < -0.4 is 0 Å². The largest absolute Gasteiger partial charge is 0.379 e. The van der Waals surface area contributed by atoms with Crippen LogP contribution in [0.5, 0.6) is 0 Å². The normalized spacial score (nSPS) is 13.8. The van der Waals surface area contributed by atoms with Gasteiger partial charge >= 0.3 is 0 Å². The number of tetrazole rings is 2. The van der Waals surface area contributed by atoms with Crippen LogP contribution in [0.4, 0.5) is 0 Å². The summed E-state index contributed by atoms with van der Waals surface area (Å²) >= 11 is 0. The van der Waals surface area contributed by atoms with Gasteiger partial charge in [0.1, 0.15) is 12.7 Å². The second-order valence-corrected chi connectivity index (χ2v) is 8.69. The molecule has 0 aliphatic rings. The molecule has 1 atom stereocenters. The molecule has 0 bridgehead atoms. The van der Waals surface area contributed by atoms with E-state index in [2.05, 4.69) is 65.7 Å². The van der Waals surface area contributed by atoms with Gasteiger partial charge in [-0.05, 0) is 50.9 Å². The second-order valence-electron chi connectivity index (χ2n) is 8.69. The van der Waals surface area contributed by atoms with Gasteiger partial charge in [0.15, 0.2) is 6.23 Å². The summed E-state index contributed by atoms with van der Waals surface area (Å²) in [5.74, 6) is 0. The van der Waals surface area contributed by atoms with Gasteiger partial charge in [-0.15, -0.1) is 10.2 Å². The molecule has 0 aliphatic carbocycles. The quantitative estimate of drug-likeness (QED) is 0.450. The van der Waals surface area contributed by atoms with E-state index in [0.717, 1.165) is 32.2 Å². The van der Waals surface area contributed by atoms with Gasteiger partial charge in [-0.2, -0.15) is 0 Å². The predicted octanol–water partition coefficient (Wildman–Crippen LogP) is 2.52. The van der Waals surface area contributed by atoms with Crippen molar-refractivity contribution in [1.82, 2.24) is 40.4 Å². The molecular weight excluding hydrogens is 360 g/mol. The van der Waals surface area contributed by atoms with Crippen molar-refractivity contribution in [2.75, 3.05) is 19.8 Å². The van der Waals surface area contributed by atoms with Crippen LogP contribution in [-0.4, -0.2) is 60.2 Å². The molecular formula is C18H34N8O2. The fourth-order valence-corrected chi connectivity index (χ4v) is 2.66. The number of aryl methyl sites for hydroxylation is 1. The van der Waals surface area contributed by atoms with Crippen molar-refractivity contribution in [2.24, 2.45) is 10.8 Å². The Morgan fingerprint density at radius 3 is 2.29 bits per heavy atom. The molecule has 2 heterocycles. The highest BCUT2D eigenvalue weighted by atomic mass is 16.5. The minimum Gasteiger partial charge on any atom is -0.379 e. The molecule has 1 unspecified atom stereocenters. The lowest BCUT2D eigenvalue weighted by Gasteiger charge is -2.28. The zero-order valence-corrected chi connectivity index (χ0v) is 17.8. The highest BCUT2D eigenvalue weighted by Gasteiger charge is 2.24. The first kappa shape index (κ1) is 22.4. The Bertz CT molecular complexity index is 643. The molecule has 0 aliphatic heterocycles. The minimum absolute atomic E-state index is 0.154. The maximum Gasteiger partial charge on any atom is 0.154 e. The lowest BCUT2D eigenvalue weighted by atomic mass is 9.86. The summed E-state index contributed by atoms with van der Waals surface area (Å²) < 4.78 is 15.3. The fraction of sp³-hybridized carbons (Fsp3) is 0.889. The fourth-order valence-electron chi connectivity index (χ4n) is 2.66. The number of hydrogen-bond acceptors (Lipinski definition) is 8. The van der Waals surface area contributed by atoms with Crippen molar-refractivity contribution in [1.29, 1.82) is 0 Å². The molecule has 0 N–H and O–H groups in total. The van der Waals surface area contributed by atoms with Crippen LogP contribution in [0.25, 0.3) is 0 Å². The third-order valence-corrected chi connectivity index (χ3v) is 5.21. The average molecular weight is 395 g/mol. The molecule has 0 spiro atoms. The van der Waals surface area contributed by atoms with E-state index in [0.29, 0.717) is 19.8 Å². The molecule has 10 heteroatoms. The van der Waals surface area contributed by atoms with Crippen molar-refractivity contribution in [2.45, 2.75) is 73.1 Å². The number of hydrogen-bond donors (Lipinski definition) is 0. The smallest absolute Gasteiger partial charge is 0.154 e. The van der Waals surface area contributed by atoms with Gasteiger partial charge < -0.3 is 9.47 Å². The summed E-state index contributed by atoms with van der Waals surface area (Å²) in [6.45, 7) is 13.7. The first-order valence-corrected chi connectivity index (χ1v) is 9.94. The molecule has 158 valence electrons. The maximum absolute atomic E-state index is 6.02. The van der Waals surface area contributed by atoms with Gasteiger partial charge in [-0.25, -0.2) is 9.36 Å². The van der Waals surface area contributed by atoms with Gasteiger partial charge in [0.2, 0.25) is 0 Å². The van der Waals surface area contributed by atoms with Crippen molar-refractivity contribution in [3.8, 4) is 0 Å². The van der Waals surface area contributed by atoms with E-state index in [1.807, 2.05) is 0 Å². The summed E-state index contributed by atoms with van der Waals surface area (Å²) in [6, 6.07) is 0. The van der Waals surface area contributed by atoms with Gasteiger partial charge in [-0.3, -0.25) is 0 Å². The van der Waals surface area contributed by atoms with E-state index >= 15 is 0 Å². The van der Waals surface area contributed by atoms with E-state index < -0.39 is 0 Å². The van der Waals surface area contributed by atoms with Gasteiger partial charge in [0.25, 0.3) is 0 Å². The standard InChI is InChI=1S/C18H34N8O2/c1-6-17(2,3)13-16(26-15-20-22-24-26)28-12-11-27-10-8-18(4,5)7-9-25-14-19-21-23-25/h14-16H,6-13H2,1-5H3. The maximum atomic E-state index is 6.02. The molecule has 10 nitrogen and oxygen atoms in total. The Labute approximate surface area is 167 Å². The summed E-state index contributed by atoms with van der Waals surface area (Å²) in [6.07, 6.45) is 6.93. The van der Waals surface area contributed by atoms with E-state index in [-0.39, 0.29) is 17.1 Å². The van der Waals surface area contributed by atoms with Gasteiger partial charge in [0.05, 0.1) is 13.2 Å². The Morgan fingerprint density at radius 2 is 1.64 bits per heavy atom. The van der Waals surface area contributed by atoms with Crippen molar-refractivity contribution in [3.05, 3.63) is 12.7 Å². The Kier molecular flexibility index (Phi) is 8.43. The van der Waals surface area contributed by atoms with E-state index in [1.165, 1.54) is 0 Å².